The molecule has 27 heavy (non-hydrogen) atoms. The molecule has 7 nitrogen and oxygen atoms in total. The second kappa shape index (κ2) is 9.05. The zero-order chi connectivity index (χ0) is 19.1. The average molecular weight is 386 g/mol. The molecule has 1 aromatic heterocycles. The van der Waals surface area contributed by atoms with Gasteiger partial charge in [-0.25, -0.2) is 0 Å². The minimum atomic E-state index is 0.439. The second-order valence-electron chi connectivity index (χ2n) is 5.63. The number of anilines is 3. The number of aromatic nitrogens is 3. The van der Waals surface area contributed by atoms with Crippen LogP contribution in [0, 0.1) is 0 Å². The maximum absolute atomic E-state index is 6.14. The maximum Gasteiger partial charge on any atom is 0.244 e. The van der Waals surface area contributed by atoms with Crippen molar-refractivity contribution in [3.63, 3.8) is 0 Å². The Hall–Kier alpha value is -3.06. The maximum atomic E-state index is 6.14. The van der Waals surface area contributed by atoms with Crippen LogP contribution in [-0.2, 0) is 6.42 Å². The van der Waals surface area contributed by atoms with Crippen LogP contribution in [-0.4, -0.2) is 35.9 Å². The molecule has 0 spiro atoms. The molecule has 0 saturated carbocycles. The van der Waals surface area contributed by atoms with Gasteiger partial charge in [0, 0.05) is 12.2 Å². The van der Waals surface area contributed by atoms with Crippen molar-refractivity contribution in [3.8, 4) is 11.5 Å². The predicted molar refractivity (Wildman–Crippen MR) is 106 cm³/mol. The fourth-order valence-corrected chi connectivity index (χ4v) is 2.81. The summed E-state index contributed by atoms with van der Waals surface area (Å²) >= 11 is 6.14. The molecule has 0 aliphatic rings. The molecule has 0 aliphatic heterocycles. The number of hydrogen-bond donors (Lipinski definition) is 2. The van der Waals surface area contributed by atoms with Gasteiger partial charge in [-0.3, -0.25) is 0 Å². The molecule has 8 heteroatoms. The van der Waals surface area contributed by atoms with Crippen molar-refractivity contribution in [3.05, 3.63) is 59.2 Å². The van der Waals surface area contributed by atoms with Gasteiger partial charge in [0.2, 0.25) is 5.95 Å². The Kier molecular flexibility index (Phi) is 6.27. The summed E-state index contributed by atoms with van der Waals surface area (Å²) in [6, 6.07) is 13.3. The lowest BCUT2D eigenvalue weighted by Crippen LogP contribution is -2.10. The van der Waals surface area contributed by atoms with Gasteiger partial charge in [0.15, 0.2) is 5.82 Å². The Balaban J connectivity index is 1.61. The zero-order valence-electron chi connectivity index (χ0n) is 15.1. The topological polar surface area (TPSA) is 81.2 Å². The molecule has 0 radical (unpaired) electrons. The van der Waals surface area contributed by atoms with Gasteiger partial charge in [-0.15, -0.1) is 5.10 Å². The van der Waals surface area contributed by atoms with Gasteiger partial charge < -0.3 is 20.1 Å². The van der Waals surface area contributed by atoms with Crippen LogP contribution in [0.15, 0.2) is 48.7 Å². The van der Waals surface area contributed by atoms with Crippen molar-refractivity contribution in [1.29, 1.82) is 0 Å². The summed E-state index contributed by atoms with van der Waals surface area (Å²) in [5.74, 6) is 2.48. The molecule has 2 N–H and O–H groups in total. The number of para-hydroxylation sites is 1. The Bertz CT molecular complexity index is 907. The van der Waals surface area contributed by atoms with E-state index in [1.54, 1.807) is 32.5 Å². The van der Waals surface area contributed by atoms with Gasteiger partial charge in [0.25, 0.3) is 0 Å². The third-order valence-corrected chi connectivity index (χ3v) is 4.15. The number of methoxy groups -OCH3 is 2. The van der Waals surface area contributed by atoms with Crippen LogP contribution in [0.25, 0.3) is 0 Å². The molecule has 0 fully saturated rings. The Morgan fingerprint density at radius 2 is 1.85 bits per heavy atom. The lowest BCUT2D eigenvalue weighted by Gasteiger charge is -2.10. The van der Waals surface area contributed by atoms with Gasteiger partial charge in [0.05, 0.1) is 25.4 Å². The van der Waals surface area contributed by atoms with Crippen LogP contribution in [0.2, 0.25) is 5.02 Å². The van der Waals surface area contributed by atoms with Crippen LogP contribution < -0.4 is 20.1 Å². The highest BCUT2D eigenvalue weighted by molar-refractivity contribution is 6.32. The molecule has 0 unspecified atom stereocenters. The first-order valence-electron chi connectivity index (χ1n) is 8.35. The van der Waals surface area contributed by atoms with E-state index >= 15 is 0 Å². The van der Waals surface area contributed by atoms with E-state index in [9.17, 15) is 0 Å². The summed E-state index contributed by atoms with van der Waals surface area (Å²) in [7, 11) is 3.24. The summed E-state index contributed by atoms with van der Waals surface area (Å²) in [5.41, 5.74) is 1.89. The third-order valence-electron chi connectivity index (χ3n) is 3.85. The minimum Gasteiger partial charge on any atom is -0.496 e. The van der Waals surface area contributed by atoms with Crippen LogP contribution in [0.3, 0.4) is 0 Å². The molecule has 140 valence electrons. The SMILES string of the molecule is COc1ccc(Nc2cnnc(NCCc3ccccc3OC)n2)cc1Cl. The highest BCUT2D eigenvalue weighted by atomic mass is 35.5. The van der Waals surface area contributed by atoms with Crippen molar-refractivity contribution in [1.82, 2.24) is 15.2 Å². The summed E-state index contributed by atoms with van der Waals surface area (Å²) in [6.07, 6.45) is 2.32. The lowest BCUT2D eigenvalue weighted by atomic mass is 10.1. The molecular formula is C19H20ClN5O2. The summed E-state index contributed by atoms with van der Waals surface area (Å²) in [5, 5.41) is 14.8. The van der Waals surface area contributed by atoms with Crippen molar-refractivity contribution >= 4 is 29.1 Å². The number of nitrogens with zero attached hydrogens (tertiary/aromatic N) is 3. The third kappa shape index (κ3) is 4.98. The molecule has 0 saturated heterocycles. The first-order chi connectivity index (χ1) is 13.2. The molecule has 3 aromatic rings. The van der Waals surface area contributed by atoms with Crippen molar-refractivity contribution in [2.75, 3.05) is 31.4 Å². The largest absolute Gasteiger partial charge is 0.496 e. The van der Waals surface area contributed by atoms with Crippen LogP contribution >= 0.6 is 11.6 Å². The van der Waals surface area contributed by atoms with E-state index in [4.69, 9.17) is 21.1 Å². The smallest absolute Gasteiger partial charge is 0.244 e. The molecule has 0 amide bonds. The molecule has 0 aliphatic carbocycles. The number of nitrogens with one attached hydrogen (secondary N) is 2. The van der Waals surface area contributed by atoms with Gasteiger partial charge in [0.1, 0.15) is 11.5 Å². The monoisotopic (exact) mass is 385 g/mol. The second-order valence-corrected chi connectivity index (χ2v) is 6.04. The van der Waals surface area contributed by atoms with Gasteiger partial charge in [-0.2, -0.15) is 10.1 Å². The van der Waals surface area contributed by atoms with Crippen LogP contribution in [0.5, 0.6) is 11.5 Å². The summed E-state index contributed by atoms with van der Waals surface area (Å²) in [6.45, 7) is 0.653. The fraction of sp³-hybridized carbons (Fsp3) is 0.211. The van der Waals surface area contributed by atoms with Gasteiger partial charge in [-0.1, -0.05) is 29.8 Å². The number of benzene rings is 2. The molecular weight excluding hydrogens is 366 g/mol. The molecule has 2 aromatic carbocycles. The highest BCUT2D eigenvalue weighted by Crippen LogP contribution is 2.28. The molecule has 0 bridgehead atoms. The standard InChI is InChI=1S/C19H20ClN5O2/c1-26-16-6-4-3-5-13(16)9-10-21-19-24-18(12-22-25-19)23-14-7-8-17(27-2)15(20)11-14/h3-8,11-12H,9-10H2,1-2H3,(H2,21,23,24,25). The average Bonchev–Trinajstić information content (AvgIpc) is 2.69. The van der Waals surface area contributed by atoms with E-state index in [-0.39, 0.29) is 0 Å². The van der Waals surface area contributed by atoms with E-state index in [0.717, 1.165) is 23.4 Å². The predicted octanol–water partition coefficient (Wildman–Crippen LogP) is 3.94. The Morgan fingerprint density at radius 1 is 1.04 bits per heavy atom. The van der Waals surface area contributed by atoms with Crippen molar-refractivity contribution < 1.29 is 9.47 Å². The van der Waals surface area contributed by atoms with E-state index < -0.39 is 0 Å². The quantitative estimate of drug-likeness (QED) is 0.607. The fourth-order valence-electron chi connectivity index (χ4n) is 2.55. The number of rotatable bonds is 8. The zero-order valence-corrected chi connectivity index (χ0v) is 15.8. The number of ether oxygens (including phenoxy) is 2. The van der Waals surface area contributed by atoms with Crippen LogP contribution in [0.1, 0.15) is 5.56 Å². The van der Waals surface area contributed by atoms with E-state index in [1.165, 1.54) is 0 Å². The Morgan fingerprint density at radius 3 is 2.63 bits per heavy atom. The summed E-state index contributed by atoms with van der Waals surface area (Å²) < 4.78 is 10.5. The Labute approximate surface area is 162 Å². The number of hydrogen-bond acceptors (Lipinski definition) is 7. The highest BCUT2D eigenvalue weighted by Gasteiger charge is 2.06. The van der Waals surface area contributed by atoms with Gasteiger partial charge >= 0.3 is 0 Å². The van der Waals surface area contributed by atoms with Crippen molar-refractivity contribution in [2.24, 2.45) is 0 Å². The first-order valence-corrected chi connectivity index (χ1v) is 8.73. The number of halogens is 1. The normalized spacial score (nSPS) is 10.3. The summed E-state index contributed by atoms with van der Waals surface area (Å²) in [4.78, 5) is 4.41. The van der Waals surface area contributed by atoms with E-state index in [2.05, 4.69) is 25.8 Å². The van der Waals surface area contributed by atoms with E-state index in [0.29, 0.717) is 29.1 Å². The minimum absolute atomic E-state index is 0.439. The van der Waals surface area contributed by atoms with Crippen molar-refractivity contribution in [2.45, 2.75) is 6.42 Å². The van der Waals surface area contributed by atoms with Crippen LogP contribution in [0.4, 0.5) is 17.5 Å². The first kappa shape index (κ1) is 18.7. The lowest BCUT2D eigenvalue weighted by molar-refractivity contribution is 0.410. The molecule has 3 rings (SSSR count). The molecule has 0 atom stereocenters. The molecule has 1 heterocycles. The van der Waals surface area contributed by atoms with Gasteiger partial charge in [-0.05, 0) is 36.2 Å². The van der Waals surface area contributed by atoms with E-state index in [1.807, 2.05) is 30.3 Å².